The summed E-state index contributed by atoms with van der Waals surface area (Å²) in [7, 11) is -3.97. The van der Waals surface area contributed by atoms with Crippen molar-refractivity contribution in [3.8, 4) is 10.7 Å². The molecule has 1 aromatic carbocycles. The summed E-state index contributed by atoms with van der Waals surface area (Å²) in [4.78, 5) is 5.66. The van der Waals surface area contributed by atoms with Crippen LogP contribution in [0, 0.1) is 6.57 Å². The molecular formula is C26H35F2N7O4S2Si. The maximum atomic E-state index is 14.3. The van der Waals surface area contributed by atoms with E-state index in [1.54, 1.807) is 17.8 Å². The first-order valence-corrected chi connectivity index (χ1v) is 19.8. The van der Waals surface area contributed by atoms with Crippen molar-refractivity contribution in [2.24, 2.45) is 7.05 Å². The molecule has 2 fully saturated rings. The van der Waals surface area contributed by atoms with E-state index >= 15 is 0 Å². The highest BCUT2D eigenvalue weighted by Gasteiger charge is 2.61. The summed E-state index contributed by atoms with van der Waals surface area (Å²) >= 11 is 0.706. The van der Waals surface area contributed by atoms with Crippen molar-refractivity contribution < 1.29 is 27.0 Å². The summed E-state index contributed by atoms with van der Waals surface area (Å²) in [6.07, 6.45) is -1.41. The maximum Gasteiger partial charge on any atom is 0.303 e. The van der Waals surface area contributed by atoms with E-state index in [1.165, 1.54) is 6.07 Å². The van der Waals surface area contributed by atoms with Gasteiger partial charge in [0.25, 0.3) is 16.4 Å². The van der Waals surface area contributed by atoms with Crippen LogP contribution in [-0.2, 0) is 21.8 Å². The van der Waals surface area contributed by atoms with E-state index in [0.717, 1.165) is 10.3 Å². The number of nitrogens with zero attached hydrogens (tertiary/aromatic N) is 7. The number of aliphatic hydroxyl groups is 1. The van der Waals surface area contributed by atoms with E-state index in [2.05, 4.69) is 39.8 Å². The Hall–Kier alpha value is -2.55. The van der Waals surface area contributed by atoms with Crippen LogP contribution in [0.5, 0.6) is 0 Å². The van der Waals surface area contributed by atoms with Crippen molar-refractivity contribution in [1.82, 2.24) is 24.3 Å². The third-order valence-corrected chi connectivity index (χ3v) is 12.2. The monoisotopic (exact) mass is 639 g/mol. The van der Waals surface area contributed by atoms with Gasteiger partial charge in [0.1, 0.15) is 12.4 Å². The van der Waals surface area contributed by atoms with Gasteiger partial charge in [-0.2, -0.15) is 5.10 Å². The standard InChI is InChI=1S/C26H35F2N7O4S2Si/c1-29-26(8-9-26)35(16-39-12-13-42(3,4)5)41(37,38)18-14-19-21(24-30-31-25(40-24)23(27)28)32-33(2)22(19)20(15-18)34-10-6-17(36)7-11-34/h14-15,17,23,36H,6-13,16H2,2-5H3. The smallest absolute Gasteiger partial charge is 0.303 e. The minimum absolute atomic E-state index is 0.0484. The summed E-state index contributed by atoms with van der Waals surface area (Å²) in [5.74, 6) is 0. The van der Waals surface area contributed by atoms with Crippen molar-refractivity contribution in [3.05, 3.63) is 28.6 Å². The Morgan fingerprint density at radius 1 is 1.26 bits per heavy atom. The lowest BCUT2D eigenvalue weighted by molar-refractivity contribution is 0.0642. The molecule has 3 aromatic rings. The van der Waals surface area contributed by atoms with Crippen molar-refractivity contribution >= 4 is 46.0 Å². The largest absolute Gasteiger partial charge is 0.393 e. The van der Waals surface area contributed by atoms with Crippen molar-refractivity contribution in [1.29, 1.82) is 0 Å². The highest BCUT2D eigenvalue weighted by Crippen LogP contribution is 2.47. The predicted molar refractivity (Wildman–Crippen MR) is 159 cm³/mol. The molecule has 1 aliphatic heterocycles. The number of rotatable bonds is 11. The lowest BCUT2D eigenvalue weighted by Crippen LogP contribution is -2.42. The van der Waals surface area contributed by atoms with Gasteiger partial charge in [-0.25, -0.2) is 23.8 Å². The second-order valence-electron chi connectivity index (χ2n) is 12.1. The fraction of sp³-hybridized carbons (Fsp3) is 0.615. The number of halogens is 2. The number of aromatic nitrogens is 4. The van der Waals surface area contributed by atoms with Gasteiger partial charge in [0.2, 0.25) is 0 Å². The zero-order valence-electron chi connectivity index (χ0n) is 24.0. The minimum Gasteiger partial charge on any atom is -0.393 e. The molecule has 2 aliphatic rings. The van der Waals surface area contributed by atoms with Crippen LogP contribution in [0.15, 0.2) is 17.0 Å². The SMILES string of the molecule is [C-]#[N+]C1(N(COCC[Si](C)(C)C)S(=O)(=O)c2cc(N3CCC(O)CC3)c3c(c2)c(-c2nnc(C(F)F)s2)nn3C)CC1. The number of benzene rings is 1. The van der Waals surface area contributed by atoms with Crippen LogP contribution in [0.3, 0.4) is 0 Å². The quantitative estimate of drug-likeness (QED) is 0.139. The number of aliphatic hydroxyl groups excluding tert-OH is 1. The third-order valence-electron chi connectivity index (χ3n) is 7.69. The Morgan fingerprint density at radius 3 is 2.52 bits per heavy atom. The first-order chi connectivity index (χ1) is 19.8. The molecule has 16 heteroatoms. The summed E-state index contributed by atoms with van der Waals surface area (Å²) < 4.78 is 64.0. The van der Waals surface area contributed by atoms with Crippen molar-refractivity contribution in [3.63, 3.8) is 0 Å². The number of sulfonamides is 1. The summed E-state index contributed by atoms with van der Waals surface area (Å²) in [5.41, 5.74) is 0.242. The van der Waals surface area contributed by atoms with E-state index in [-0.39, 0.29) is 22.3 Å². The predicted octanol–water partition coefficient (Wildman–Crippen LogP) is 4.70. The molecule has 1 saturated carbocycles. The lowest BCUT2D eigenvalue weighted by atomic mass is 10.1. The Balaban J connectivity index is 1.63. The van der Waals surface area contributed by atoms with Crippen LogP contribution in [0.25, 0.3) is 26.4 Å². The number of fused-ring (bicyclic) bond motifs is 1. The fourth-order valence-electron chi connectivity index (χ4n) is 5.04. The van der Waals surface area contributed by atoms with Gasteiger partial charge >= 0.3 is 5.66 Å². The number of ether oxygens (including phenoxy) is 1. The maximum absolute atomic E-state index is 14.3. The molecule has 2 aromatic heterocycles. The average Bonchev–Trinajstić information content (AvgIpc) is 3.41. The second kappa shape index (κ2) is 11.5. The van der Waals surface area contributed by atoms with Crippen LogP contribution >= 0.6 is 11.3 Å². The number of aryl methyl sites for hydroxylation is 1. The molecule has 0 unspecified atom stereocenters. The molecule has 42 heavy (non-hydrogen) atoms. The van der Waals surface area contributed by atoms with Gasteiger partial charge < -0.3 is 14.7 Å². The first-order valence-electron chi connectivity index (χ1n) is 13.8. The molecule has 0 amide bonds. The summed E-state index contributed by atoms with van der Waals surface area (Å²) in [5, 5.41) is 22.3. The zero-order valence-corrected chi connectivity index (χ0v) is 26.7. The summed E-state index contributed by atoms with van der Waals surface area (Å²) in [6, 6.07) is 3.92. The molecule has 1 aliphatic carbocycles. The Kier molecular flexibility index (Phi) is 8.46. The van der Waals surface area contributed by atoms with Crippen LogP contribution in [0.2, 0.25) is 25.7 Å². The number of alkyl halides is 2. The highest BCUT2D eigenvalue weighted by atomic mass is 32.2. The molecule has 11 nitrogen and oxygen atoms in total. The number of anilines is 1. The van der Waals surface area contributed by atoms with Crippen LogP contribution in [-0.4, -0.2) is 84.1 Å². The molecule has 0 spiro atoms. The van der Waals surface area contributed by atoms with Gasteiger partial charge in [-0.3, -0.25) is 9.53 Å². The molecule has 0 radical (unpaired) electrons. The zero-order chi connectivity index (χ0) is 30.4. The van der Waals surface area contributed by atoms with Crippen molar-refractivity contribution in [2.45, 2.75) is 74.5 Å². The van der Waals surface area contributed by atoms with Gasteiger partial charge in [0.15, 0.2) is 10.0 Å². The Morgan fingerprint density at radius 2 is 1.95 bits per heavy atom. The molecule has 0 atom stereocenters. The topological polar surface area (TPSA) is 118 Å². The molecule has 228 valence electrons. The van der Waals surface area contributed by atoms with Gasteiger partial charge in [0.05, 0.1) is 35.0 Å². The number of hydrogen-bond acceptors (Lipinski definition) is 9. The molecule has 1 saturated heterocycles. The van der Waals surface area contributed by atoms with Gasteiger partial charge in [-0.15, -0.1) is 10.2 Å². The molecular weight excluding hydrogens is 605 g/mol. The number of hydrogen-bond donors (Lipinski definition) is 1. The van der Waals surface area contributed by atoms with E-state index in [4.69, 9.17) is 11.3 Å². The average molecular weight is 640 g/mol. The minimum atomic E-state index is -4.25. The van der Waals surface area contributed by atoms with Gasteiger partial charge in [-0.05, 0) is 31.0 Å². The van der Waals surface area contributed by atoms with Crippen molar-refractivity contribution in [2.75, 3.05) is 31.3 Å². The first kappa shape index (κ1) is 30.9. The molecule has 5 rings (SSSR count). The molecule has 1 N–H and O–H groups in total. The Labute approximate surface area is 249 Å². The molecule has 0 bridgehead atoms. The van der Waals surface area contributed by atoms with Gasteiger partial charge in [-0.1, -0.05) is 35.3 Å². The van der Waals surface area contributed by atoms with Crippen LogP contribution in [0.4, 0.5) is 14.5 Å². The number of piperidine rings is 1. The Bertz CT molecular complexity index is 1600. The molecule has 3 heterocycles. The van der Waals surface area contributed by atoms with E-state index < -0.39 is 41.3 Å². The lowest BCUT2D eigenvalue weighted by Gasteiger charge is -2.32. The fourth-order valence-corrected chi connectivity index (χ4v) is 8.16. The second-order valence-corrected chi connectivity index (χ2v) is 20.6. The normalized spacial score (nSPS) is 17.9. The van der Waals surface area contributed by atoms with E-state index in [0.29, 0.717) is 73.3 Å². The third kappa shape index (κ3) is 6.08. The van der Waals surface area contributed by atoms with E-state index in [1.807, 2.05) is 4.90 Å². The van der Waals surface area contributed by atoms with Crippen LogP contribution in [0.1, 0.15) is 37.1 Å². The van der Waals surface area contributed by atoms with E-state index in [9.17, 15) is 22.3 Å². The van der Waals surface area contributed by atoms with Gasteiger partial charge in [0, 0.05) is 40.2 Å². The summed E-state index contributed by atoms with van der Waals surface area (Å²) in [6.45, 7) is 15.6. The highest BCUT2D eigenvalue weighted by molar-refractivity contribution is 7.89. The van der Waals surface area contributed by atoms with Crippen LogP contribution < -0.4 is 4.90 Å².